The molecule has 228 valence electrons. The molecule has 3 aromatic heterocycles. The molecule has 42 heavy (non-hydrogen) atoms. The lowest BCUT2D eigenvalue weighted by molar-refractivity contribution is -0.0383. The molecule has 0 bridgehead atoms. The van der Waals surface area contributed by atoms with Gasteiger partial charge in [-0.1, -0.05) is 58.0 Å². The Labute approximate surface area is 254 Å². The first kappa shape index (κ1) is 31.0. The van der Waals surface area contributed by atoms with Crippen LogP contribution in [0.25, 0.3) is 22.2 Å². The van der Waals surface area contributed by atoms with Crippen molar-refractivity contribution in [3.63, 3.8) is 0 Å². The Balaban J connectivity index is 1.43. The number of hydrogen-bond acceptors (Lipinski definition) is 9. The Morgan fingerprint density at radius 3 is 2.40 bits per heavy atom. The van der Waals surface area contributed by atoms with Crippen molar-refractivity contribution >= 4 is 50.4 Å². The summed E-state index contributed by atoms with van der Waals surface area (Å²) in [4.78, 5) is 20.8. The maximum atomic E-state index is 6.94. The van der Waals surface area contributed by atoms with Crippen molar-refractivity contribution in [3.8, 4) is 5.88 Å². The van der Waals surface area contributed by atoms with E-state index in [1.165, 1.54) is 11.2 Å². The number of halogens is 1. The summed E-state index contributed by atoms with van der Waals surface area (Å²) < 4.78 is 22.2. The molecule has 5 rings (SSSR count). The van der Waals surface area contributed by atoms with Gasteiger partial charge in [0, 0.05) is 11.4 Å². The molecule has 1 aromatic carbocycles. The molecule has 1 aliphatic heterocycles. The van der Waals surface area contributed by atoms with Crippen LogP contribution in [0, 0.1) is 0 Å². The minimum absolute atomic E-state index is 0.0624. The van der Waals surface area contributed by atoms with Crippen LogP contribution in [0.2, 0.25) is 41.3 Å². The van der Waals surface area contributed by atoms with E-state index in [1.54, 1.807) is 24.5 Å². The fourth-order valence-corrected chi connectivity index (χ4v) is 6.87. The molecule has 0 saturated carbocycles. The summed E-state index contributed by atoms with van der Waals surface area (Å²) in [5.41, 5.74) is 2.33. The van der Waals surface area contributed by atoms with Gasteiger partial charge in [-0.25, -0.2) is 9.97 Å². The fourth-order valence-electron chi connectivity index (χ4n) is 4.34. The molecule has 4 heterocycles. The Morgan fingerprint density at radius 1 is 1.00 bits per heavy atom. The molecule has 0 N–H and O–H groups in total. The van der Waals surface area contributed by atoms with Gasteiger partial charge in [-0.15, -0.1) is 5.10 Å². The first-order chi connectivity index (χ1) is 19.5. The number of rotatable bonds is 8. The first-order valence-electron chi connectivity index (χ1n) is 14.3. The lowest BCUT2D eigenvalue weighted by atomic mass is 10.2. The van der Waals surface area contributed by atoms with Gasteiger partial charge in [-0.2, -0.15) is 4.98 Å². The average Bonchev–Trinajstić information content (AvgIpc) is 3.58. The molecule has 4 aromatic rings. The van der Waals surface area contributed by atoms with Crippen molar-refractivity contribution in [3.05, 3.63) is 35.9 Å². The Bertz CT molecular complexity index is 1580. The van der Waals surface area contributed by atoms with E-state index in [2.05, 4.69) is 93.0 Å². The van der Waals surface area contributed by atoms with Crippen LogP contribution >= 0.6 is 11.6 Å². The smallest absolute Gasteiger partial charge is 0.280 e. The van der Waals surface area contributed by atoms with Gasteiger partial charge in [0.1, 0.15) is 29.7 Å². The third kappa shape index (κ3) is 5.99. The quantitative estimate of drug-likeness (QED) is 0.195. The molecule has 1 saturated heterocycles. The highest BCUT2D eigenvalue weighted by molar-refractivity contribution is 6.74. The lowest BCUT2D eigenvalue weighted by Gasteiger charge is -2.40. The summed E-state index contributed by atoms with van der Waals surface area (Å²) in [6.07, 6.45) is 3.12. The molecule has 0 radical (unpaired) electrons. The standard InChI is InChI=1S/C28H42ClN7O4Si2/c1-27(2,3)41(7,8)37-15-22-21(40-42(9,10)28(4,5)6)14-23(38-22)35-17-32-24-25(35)30-16-31-26(24)39-36-20-13-18(29)11-12-19(20)33-34-36/h11-13,16-17,21-23H,14-15H2,1-10H3/t21-,22+,23+/m0/s1. The molecule has 11 nitrogen and oxygen atoms in total. The number of nitrogens with zero attached hydrogens (tertiary/aromatic N) is 7. The van der Waals surface area contributed by atoms with Crippen molar-refractivity contribution in [2.75, 3.05) is 6.61 Å². The number of ether oxygens (including phenoxy) is 1. The monoisotopic (exact) mass is 631 g/mol. The Hall–Kier alpha value is -2.43. The number of benzene rings is 1. The highest BCUT2D eigenvalue weighted by Gasteiger charge is 2.47. The maximum Gasteiger partial charge on any atom is 0.280 e. The zero-order chi connectivity index (χ0) is 30.7. The van der Waals surface area contributed by atoms with Gasteiger partial charge in [-0.3, -0.25) is 4.57 Å². The van der Waals surface area contributed by atoms with E-state index < -0.39 is 16.6 Å². The fraction of sp³-hybridized carbons (Fsp3) is 0.607. The second kappa shape index (κ2) is 10.9. The van der Waals surface area contributed by atoms with Crippen LogP contribution in [0.15, 0.2) is 30.9 Å². The predicted molar refractivity (Wildman–Crippen MR) is 168 cm³/mol. The number of fused-ring (bicyclic) bond motifs is 2. The number of aromatic nitrogens is 7. The molecule has 0 spiro atoms. The van der Waals surface area contributed by atoms with Crippen LogP contribution in [0.1, 0.15) is 54.2 Å². The summed E-state index contributed by atoms with van der Waals surface area (Å²) in [7, 11) is -4.08. The van der Waals surface area contributed by atoms with Gasteiger partial charge in [0.2, 0.25) is 0 Å². The van der Waals surface area contributed by atoms with E-state index in [0.717, 1.165) is 0 Å². The Kier molecular flexibility index (Phi) is 8.07. The summed E-state index contributed by atoms with van der Waals surface area (Å²) in [5.74, 6) is 0.246. The molecule has 1 aliphatic rings. The third-order valence-electron chi connectivity index (χ3n) is 9.03. The summed E-state index contributed by atoms with van der Waals surface area (Å²) in [5, 5.41) is 8.94. The van der Waals surface area contributed by atoms with Crippen LogP contribution in [0.4, 0.5) is 0 Å². The van der Waals surface area contributed by atoms with E-state index in [9.17, 15) is 0 Å². The van der Waals surface area contributed by atoms with E-state index in [4.69, 9.17) is 30.0 Å². The van der Waals surface area contributed by atoms with Crippen molar-refractivity contribution in [1.29, 1.82) is 0 Å². The SMILES string of the molecule is CC(C)(C)[Si](C)(C)OC[C@H]1O[C@@H](n2cnc3c(On4nnc5ccc(Cl)cc54)ncnc32)C[C@@H]1O[Si](C)(C)C(C)(C)C. The van der Waals surface area contributed by atoms with Crippen LogP contribution in [0.3, 0.4) is 0 Å². The number of imidazole rings is 1. The average molecular weight is 632 g/mol. The van der Waals surface area contributed by atoms with Crippen LogP contribution < -0.4 is 4.84 Å². The Morgan fingerprint density at radius 2 is 1.71 bits per heavy atom. The zero-order valence-electron chi connectivity index (χ0n) is 26.2. The second-order valence-electron chi connectivity index (χ2n) is 14.0. The van der Waals surface area contributed by atoms with Crippen LogP contribution in [-0.2, 0) is 13.6 Å². The largest absolute Gasteiger partial charge is 0.414 e. The topological polar surface area (TPSA) is 111 Å². The second-order valence-corrected chi connectivity index (χ2v) is 24.0. The van der Waals surface area contributed by atoms with Crippen molar-refractivity contribution in [2.24, 2.45) is 0 Å². The molecule has 1 fully saturated rings. The molecule has 3 atom stereocenters. The van der Waals surface area contributed by atoms with Crippen LogP contribution in [0.5, 0.6) is 5.88 Å². The molecule has 0 unspecified atom stereocenters. The minimum atomic E-state index is -2.08. The van der Waals surface area contributed by atoms with Gasteiger partial charge < -0.3 is 18.4 Å². The van der Waals surface area contributed by atoms with E-state index >= 15 is 0 Å². The van der Waals surface area contributed by atoms with Gasteiger partial charge in [0.25, 0.3) is 5.88 Å². The van der Waals surface area contributed by atoms with Gasteiger partial charge in [-0.05, 0) is 59.7 Å². The van der Waals surface area contributed by atoms with Crippen molar-refractivity contribution < 1.29 is 18.4 Å². The summed E-state index contributed by atoms with van der Waals surface area (Å²) in [6, 6.07) is 5.26. The van der Waals surface area contributed by atoms with Crippen molar-refractivity contribution in [1.82, 2.24) is 34.7 Å². The number of hydrogen-bond donors (Lipinski definition) is 0. The van der Waals surface area contributed by atoms with Crippen LogP contribution in [-0.4, -0.2) is 70.1 Å². The van der Waals surface area contributed by atoms with E-state index in [-0.39, 0.29) is 34.4 Å². The van der Waals surface area contributed by atoms with Gasteiger partial charge in [0.05, 0.1) is 19.0 Å². The molecule has 0 amide bonds. The highest BCUT2D eigenvalue weighted by Crippen LogP contribution is 2.43. The van der Waals surface area contributed by atoms with Crippen molar-refractivity contribution in [2.45, 2.75) is 103 Å². The van der Waals surface area contributed by atoms with Gasteiger partial charge in [0.15, 0.2) is 27.8 Å². The molecule has 0 aliphatic carbocycles. The maximum absolute atomic E-state index is 6.94. The van der Waals surface area contributed by atoms with E-state index in [1.807, 2.05) is 4.57 Å². The first-order valence-corrected chi connectivity index (χ1v) is 20.5. The normalized spacial score (nSPS) is 20.6. The summed E-state index contributed by atoms with van der Waals surface area (Å²) in [6.45, 7) is 23.0. The minimum Gasteiger partial charge on any atom is -0.414 e. The third-order valence-corrected chi connectivity index (χ3v) is 18.3. The van der Waals surface area contributed by atoms with Gasteiger partial charge >= 0.3 is 0 Å². The predicted octanol–water partition coefficient (Wildman–Crippen LogP) is 6.77. The summed E-state index contributed by atoms with van der Waals surface area (Å²) >= 11 is 6.19. The zero-order valence-corrected chi connectivity index (χ0v) is 28.9. The van der Waals surface area contributed by atoms with E-state index in [0.29, 0.717) is 40.2 Å². The molecular formula is C28H42ClN7O4Si2. The lowest BCUT2D eigenvalue weighted by Crippen LogP contribution is -2.48. The highest BCUT2D eigenvalue weighted by atomic mass is 35.5. The molecule has 14 heteroatoms. The molecular weight excluding hydrogens is 590 g/mol.